The van der Waals surface area contributed by atoms with E-state index in [4.69, 9.17) is 23.7 Å². The first kappa shape index (κ1) is 33.9. The molecule has 2 fully saturated rings. The van der Waals surface area contributed by atoms with Crippen molar-refractivity contribution < 1.29 is 48.0 Å². The van der Waals surface area contributed by atoms with Crippen LogP contribution in [0.25, 0.3) is 0 Å². The molecule has 1 aliphatic heterocycles. The van der Waals surface area contributed by atoms with Crippen molar-refractivity contribution in [1.82, 2.24) is 0 Å². The lowest BCUT2D eigenvalue weighted by Crippen LogP contribution is -2.76. The van der Waals surface area contributed by atoms with Gasteiger partial charge in [-0.25, -0.2) is 0 Å². The minimum Gasteiger partial charge on any atom is -0.456 e. The molecule has 7 atom stereocenters. The summed E-state index contributed by atoms with van der Waals surface area (Å²) in [5.74, 6) is -5.36. The van der Waals surface area contributed by atoms with E-state index in [0.29, 0.717) is 11.5 Å². The number of carbonyl (C=O) groups excluding carboxylic acids is 4. The van der Waals surface area contributed by atoms with Crippen molar-refractivity contribution in [3.63, 3.8) is 0 Å². The van der Waals surface area contributed by atoms with Crippen LogP contribution in [-0.2, 0) is 60.3 Å². The van der Waals surface area contributed by atoms with Gasteiger partial charge in [-0.05, 0) is 53.6 Å². The van der Waals surface area contributed by atoms with Crippen LogP contribution in [0.1, 0.15) is 105 Å². The molecule has 1 aromatic rings. The molecule has 0 unspecified atom stereocenters. The van der Waals surface area contributed by atoms with Gasteiger partial charge in [-0.1, -0.05) is 59.2 Å². The average Bonchev–Trinajstić information content (AvgIpc) is 2.89. The zero-order valence-corrected chi connectivity index (χ0v) is 27.5. The monoisotopic (exact) mass is 616 g/mol. The molecule has 1 saturated heterocycles. The number of esters is 4. The van der Waals surface area contributed by atoms with E-state index in [-0.39, 0.29) is 10.8 Å². The van der Waals surface area contributed by atoms with Gasteiger partial charge in [-0.15, -0.1) is 0 Å². The summed E-state index contributed by atoms with van der Waals surface area (Å²) >= 11 is 0. The summed E-state index contributed by atoms with van der Waals surface area (Å²) in [6.45, 7) is 14.5. The van der Waals surface area contributed by atoms with E-state index >= 15 is 0 Å². The number of aliphatic hydroxyl groups is 1. The number of aryl methyl sites for hydroxylation is 1. The molecule has 244 valence electrons. The van der Waals surface area contributed by atoms with Crippen molar-refractivity contribution in [2.75, 3.05) is 6.61 Å². The normalized spacial score (nSPS) is 34.2. The summed E-state index contributed by atoms with van der Waals surface area (Å²) in [4.78, 5) is 51.0. The Bertz CT molecular complexity index is 1300. The number of benzene rings is 1. The third-order valence-corrected chi connectivity index (χ3v) is 10.1. The first-order valence-electron chi connectivity index (χ1n) is 15.6. The van der Waals surface area contributed by atoms with Crippen molar-refractivity contribution in [2.24, 2.45) is 17.3 Å². The highest BCUT2D eigenvalue weighted by atomic mass is 16.8. The Morgan fingerprint density at radius 2 is 1.57 bits per heavy atom. The molecule has 0 aromatic heterocycles. The van der Waals surface area contributed by atoms with Crippen molar-refractivity contribution in [3.05, 3.63) is 34.9 Å². The molecule has 0 spiro atoms. The molecule has 0 bridgehead atoms. The standard InChI is InChI=1S/C34H48O10/c1-19(2)34(43-23(6)39)33(42-22(5)38,30(41-21(4)37)29(40-20(3)36)27(18-35)44-34)25-12-13-26-24(17-25)11-14-28-31(7,8)15-10-16-32(26,28)9/h12-13,17,19,27-30,35H,10-11,14-16,18H2,1-9H3/t27-,28+,29-,30+,32-,33+,34+/m1/s1. The molecule has 10 heteroatoms. The predicted molar refractivity (Wildman–Crippen MR) is 159 cm³/mol. The van der Waals surface area contributed by atoms with Crippen LogP contribution in [-0.4, -0.2) is 59.7 Å². The lowest BCUT2D eigenvalue weighted by atomic mass is 9.50. The molecule has 10 nitrogen and oxygen atoms in total. The van der Waals surface area contributed by atoms with Crippen molar-refractivity contribution in [2.45, 2.75) is 130 Å². The number of hydrogen-bond acceptors (Lipinski definition) is 10. The van der Waals surface area contributed by atoms with Crippen LogP contribution in [0, 0.1) is 17.3 Å². The lowest BCUT2D eigenvalue weighted by Gasteiger charge is -2.58. The summed E-state index contributed by atoms with van der Waals surface area (Å²) in [6.07, 6.45) is 0.771. The Balaban J connectivity index is 2.07. The highest BCUT2D eigenvalue weighted by Gasteiger charge is 2.74. The Morgan fingerprint density at radius 1 is 0.932 bits per heavy atom. The fourth-order valence-electron chi connectivity index (χ4n) is 8.62. The maximum Gasteiger partial charge on any atom is 0.305 e. The number of ether oxygens (including phenoxy) is 5. The molecule has 1 aromatic carbocycles. The maximum atomic E-state index is 13.1. The number of fused-ring (bicyclic) bond motifs is 3. The Kier molecular flexibility index (Phi) is 9.31. The van der Waals surface area contributed by atoms with Crippen LogP contribution in [0.5, 0.6) is 0 Å². The Morgan fingerprint density at radius 3 is 2.11 bits per heavy atom. The van der Waals surface area contributed by atoms with Gasteiger partial charge < -0.3 is 28.8 Å². The Labute approximate surface area is 260 Å². The van der Waals surface area contributed by atoms with Crippen molar-refractivity contribution >= 4 is 23.9 Å². The Hall–Kier alpha value is -2.98. The average molecular weight is 617 g/mol. The van der Waals surface area contributed by atoms with Crippen LogP contribution in [0.2, 0.25) is 0 Å². The smallest absolute Gasteiger partial charge is 0.305 e. The zero-order valence-electron chi connectivity index (χ0n) is 27.5. The zero-order chi connectivity index (χ0) is 32.8. The molecule has 0 radical (unpaired) electrons. The molecule has 1 N–H and O–H groups in total. The van der Waals surface area contributed by atoms with Gasteiger partial charge in [0.2, 0.25) is 5.60 Å². The summed E-state index contributed by atoms with van der Waals surface area (Å²) < 4.78 is 30.2. The van der Waals surface area contributed by atoms with Crippen molar-refractivity contribution in [1.29, 1.82) is 0 Å². The van der Waals surface area contributed by atoms with Gasteiger partial charge in [0.15, 0.2) is 12.2 Å². The van der Waals surface area contributed by atoms with E-state index in [2.05, 4.69) is 20.8 Å². The second-order valence-corrected chi connectivity index (χ2v) is 13.9. The van der Waals surface area contributed by atoms with Gasteiger partial charge in [0.1, 0.15) is 6.10 Å². The second-order valence-electron chi connectivity index (χ2n) is 13.9. The van der Waals surface area contributed by atoms with E-state index in [1.54, 1.807) is 13.8 Å². The van der Waals surface area contributed by atoms with Gasteiger partial charge in [-0.2, -0.15) is 0 Å². The third kappa shape index (κ3) is 5.53. The van der Waals surface area contributed by atoms with E-state index in [0.717, 1.165) is 31.2 Å². The summed E-state index contributed by atoms with van der Waals surface area (Å²) in [5, 5.41) is 10.4. The fraction of sp³-hybridized carbons (Fsp3) is 0.706. The van der Waals surface area contributed by atoms with Crippen molar-refractivity contribution in [3.8, 4) is 0 Å². The minimum atomic E-state index is -2.13. The topological polar surface area (TPSA) is 135 Å². The van der Waals surface area contributed by atoms with E-state index in [1.807, 2.05) is 18.2 Å². The number of rotatable bonds is 7. The van der Waals surface area contributed by atoms with Gasteiger partial charge >= 0.3 is 23.9 Å². The maximum absolute atomic E-state index is 13.1. The molecule has 0 amide bonds. The molecular weight excluding hydrogens is 568 g/mol. The summed E-state index contributed by atoms with van der Waals surface area (Å²) in [7, 11) is 0. The minimum absolute atomic E-state index is 0.0753. The highest BCUT2D eigenvalue weighted by molar-refractivity contribution is 5.71. The fourth-order valence-corrected chi connectivity index (χ4v) is 8.62. The van der Waals surface area contributed by atoms with Crippen LogP contribution in [0.4, 0.5) is 0 Å². The first-order chi connectivity index (χ1) is 20.4. The van der Waals surface area contributed by atoms with Crippen LogP contribution < -0.4 is 0 Å². The third-order valence-electron chi connectivity index (χ3n) is 10.1. The molecular formula is C34H48O10. The van der Waals surface area contributed by atoms with Crippen LogP contribution >= 0.6 is 0 Å². The predicted octanol–water partition coefficient (Wildman–Crippen LogP) is 4.65. The van der Waals surface area contributed by atoms with Gasteiger partial charge in [-0.3, -0.25) is 19.2 Å². The molecule has 2 aliphatic carbocycles. The van der Waals surface area contributed by atoms with E-state index in [1.165, 1.54) is 39.7 Å². The quantitative estimate of drug-likeness (QED) is 0.341. The first-order valence-corrected chi connectivity index (χ1v) is 15.6. The van der Waals surface area contributed by atoms with Gasteiger partial charge in [0, 0.05) is 39.2 Å². The molecule has 1 heterocycles. The largest absolute Gasteiger partial charge is 0.456 e. The molecule has 1 saturated carbocycles. The van der Waals surface area contributed by atoms with E-state index < -0.39 is 66.1 Å². The van der Waals surface area contributed by atoms with E-state index in [9.17, 15) is 24.3 Å². The van der Waals surface area contributed by atoms with Gasteiger partial charge in [0.05, 0.1) is 6.61 Å². The van der Waals surface area contributed by atoms with Crippen LogP contribution in [0.15, 0.2) is 18.2 Å². The lowest BCUT2D eigenvalue weighted by molar-refractivity contribution is -0.409. The number of hydrogen-bond donors (Lipinski definition) is 1. The highest BCUT2D eigenvalue weighted by Crippen LogP contribution is 2.59. The van der Waals surface area contributed by atoms with Gasteiger partial charge in [0.25, 0.3) is 5.79 Å². The number of carbonyl (C=O) groups is 4. The SMILES string of the molecule is CC(=O)O[C@@H]1[C@@H](CO)O[C@@](OC(C)=O)(C(C)C)[C@](OC(C)=O)(c2ccc3c(c2)CC[C@H]2C(C)(C)CCC[C@]32C)[C@H]1OC(C)=O. The molecule has 3 aliphatic rings. The number of aliphatic hydroxyl groups excluding tert-OH is 1. The second kappa shape index (κ2) is 12.1. The molecule has 4 rings (SSSR count). The molecule has 44 heavy (non-hydrogen) atoms. The van der Waals surface area contributed by atoms with Crippen LogP contribution in [0.3, 0.4) is 0 Å². The summed E-state index contributed by atoms with van der Waals surface area (Å²) in [6, 6.07) is 5.76. The summed E-state index contributed by atoms with van der Waals surface area (Å²) in [5.41, 5.74) is 0.581.